The van der Waals surface area contributed by atoms with E-state index in [9.17, 15) is 0 Å². The molecule has 11 rings (SSSR count). The molecule has 1 spiro atoms. The van der Waals surface area contributed by atoms with Gasteiger partial charge in [-0.3, -0.25) is 0 Å². The second-order valence-electron chi connectivity index (χ2n) is 14.5. The minimum absolute atomic E-state index is 0.441. The Balaban J connectivity index is 1.18. The molecule has 0 radical (unpaired) electrons. The standard InChI is InChI=1S/C53H34N2/c1-4-17-35(18-5-1)38-31-39(36-19-6-2-7-20-36)33-40(32-38)50-34-49(37-21-8-3-9-22-37)54-52(55-50)44-26-16-30-48-51(44)43-25-12-15-29-47(43)53(48)45-27-13-10-23-41(45)42-24-11-14-28-46(42)53/h1-34H. The lowest BCUT2D eigenvalue weighted by Gasteiger charge is -2.30. The number of hydrogen-bond donors (Lipinski definition) is 0. The Bertz CT molecular complexity index is 2810. The van der Waals surface area contributed by atoms with Gasteiger partial charge in [0.15, 0.2) is 5.82 Å². The van der Waals surface area contributed by atoms with Gasteiger partial charge in [-0.05, 0) is 91.0 Å². The molecule has 0 aliphatic heterocycles. The molecule has 9 aromatic rings. The van der Waals surface area contributed by atoms with Gasteiger partial charge in [0.25, 0.3) is 0 Å². The average Bonchev–Trinajstić information content (AvgIpc) is 3.75. The Morgan fingerprint density at radius 1 is 0.273 bits per heavy atom. The average molecular weight is 699 g/mol. The van der Waals surface area contributed by atoms with Crippen LogP contribution in [0.4, 0.5) is 0 Å². The van der Waals surface area contributed by atoms with Crippen LogP contribution >= 0.6 is 0 Å². The smallest absolute Gasteiger partial charge is 0.161 e. The highest BCUT2D eigenvalue weighted by Gasteiger charge is 2.52. The first-order chi connectivity index (χ1) is 27.3. The SMILES string of the molecule is c1ccc(-c2cc(-c3ccccc3)cc(-c3cc(-c4ccccc4)nc(-c4cccc5c4-c4ccccc4C54c5ccccc5-c5ccccc54)n3)c2)cc1. The summed E-state index contributed by atoms with van der Waals surface area (Å²) in [6.45, 7) is 0. The predicted octanol–water partition coefficient (Wildman–Crippen LogP) is 13.2. The maximum absolute atomic E-state index is 5.51. The molecule has 1 aromatic heterocycles. The minimum Gasteiger partial charge on any atom is -0.228 e. The number of rotatable bonds is 5. The molecule has 0 N–H and O–H groups in total. The van der Waals surface area contributed by atoms with Gasteiger partial charge in [-0.2, -0.15) is 0 Å². The number of fused-ring (bicyclic) bond motifs is 10. The molecule has 55 heavy (non-hydrogen) atoms. The molecule has 2 nitrogen and oxygen atoms in total. The largest absolute Gasteiger partial charge is 0.228 e. The minimum atomic E-state index is -0.441. The van der Waals surface area contributed by atoms with E-state index in [4.69, 9.17) is 9.97 Å². The van der Waals surface area contributed by atoms with Crippen LogP contribution in [0.25, 0.3) is 78.4 Å². The number of benzene rings is 8. The molecule has 2 aliphatic rings. The summed E-state index contributed by atoms with van der Waals surface area (Å²) in [7, 11) is 0. The normalized spacial score (nSPS) is 12.9. The zero-order valence-electron chi connectivity index (χ0n) is 30.0. The van der Waals surface area contributed by atoms with Crippen LogP contribution in [0, 0.1) is 0 Å². The van der Waals surface area contributed by atoms with E-state index in [2.05, 4.69) is 206 Å². The number of nitrogens with zero attached hydrogens (tertiary/aromatic N) is 2. The summed E-state index contributed by atoms with van der Waals surface area (Å²) in [6, 6.07) is 74.3. The van der Waals surface area contributed by atoms with Crippen LogP contribution in [0.15, 0.2) is 206 Å². The Labute approximate surface area is 321 Å². The topological polar surface area (TPSA) is 25.8 Å². The molecule has 8 aromatic carbocycles. The summed E-state index contributed by atoms with van der Waals surface area (Å²) in [6.07, 6.45) is 0. The molecule has 0 unspecified atom stereocenters. The van der Waals surface area contributed by atoms with Crippen molar-refractivity contribution in [3.63, 3.8) is 0 Å². The van der Waals surface area contributed by atoms with Crippen molar-refractivity contribution >= 4 is 0 Å². The van der Waals surface area contributed by atoms with Gasteiger partial charge in [0.1, 0.15) is 0 Å². The summed E-state index contributed by atoms with van der Waals surface area (Å²) in [5, 5.41) is 0. The number of hydrogen-bond acceptors (Lipinski definition) is 2. The Kier molecular flexibility index (Phi) is 7.11. The molecule has 0 atom stereocenters. The fraction of sp³-hybridized carbons (Fsp3) is 0.0189. The van der Waals surface area contributed by atoms with Gasteiger partial charge in [0, 0.05) is 16.7 Å². The molecular formula is C53H34N2. The molecule has 2 aliphatic carbocycles. The summed E-state index contributed by atoms with van der Waals surface area (Å²) in [5.74, 6) is 0.714. The van der Waals surface area contributed by atoms with E-state index in [1.165, 1.54) is 55.6 Å². The van der Waals surface area contributed by atoms with Crippen LogP contribution in [0.1, 0.15) is 22.3 Å². The molecule has 1 heterocycles. The summed E-state index contributed by atoms with van der Waals surface area (Å²) >= 11 is 0. The highest BCUT2D eigenvalue weighted by Crippen LogP contribution is 2.63. The second kappa shape index (κ2) is 12.5. The predicted molar refractivity (Wildman–Crippen MR) is 226 cm³/mol. The lowest BCUT2D eigenvalue weighted by atomic mass is 9.70. The van der Waals surface area contributed by atoms with Crippen LogP contribution in [0.2, 0.25) is 0 Å². The zero-order valence-corrected chi connectivity index (χ0v) is 30.0. The van der Waals surface area contributed by atoms with Crippen LogP contribution < -0.4 is 0 Å². The zero-order chi connectivity index (χ0) is 36.3. The molecule has 2 heteroatoms. The Hall–Kier alpha value is -7.16. The van der Waals surface area contributed by atoms with E-state index in [1.807, 2.05) is 0 Å². The van der Waals surface area contributed by atoms with Crippen molar-refractivity contribution in [2.24, 2.45) is 0 Å². The first-order valence-corrected chi connectivity index (χ1v) is 18.9. The van der Waals surface area contributed by atoms with Gasteiger partial charge in [0.05, 0.1) is 16.8 Å². The van der Waals surface area contributed by atoms with E-state index < -0.39 is 5.41 Å². The van der Waals surface area contributed by atoms with Crippen LogP contribution in [0.5, 0.6) is 0 Å². The van der Waals surface area contributed by atoms with E-state index in [0.717, 1.165) is 39.2 Å². The highest BCUT2D eigenvalue weighted by atomic mass is 14.9. The van der Waals surface area contributed by atoms with E-state index in [1.54, 1.807) is 0 Å². The fourth-order valence-corrected chi connectivity index (χ4v) is 9.17. The Morgan fingerprint density at radius 2 is 0.673 bits per heavy atom. The van der Waals surface area contributed by atoms with Crippen molar-refractivity contribution in [1.82, 2.24) is 9.97 Å². The van der Waals surface area contributed by atoms with Crippen molar-refractivity contribution in [1.29, 1.82) is 0 Å². The molecule has 0 saturated carbocycles. The highest BCUT2D eigenvalue weighted by molar-refractivity contribution is 5.99. The van der Waals surface area contributed by atoms with Crippen molar-refractivity contribution in [2.45, 2.75) is 5.41 Å². The van der Waals surface area contributed by atoms with Gasteiger partial charge < -0.3 is 0 Å². The van der Waals surface area contributed by atoms with Gasteiger partial charge in [-0.1, -0.05) is 182 Å². The third-order valence-electron chi connectivity index (χ3n) is 11.5. The molecule has 0 amide bonds. The molecule has 0 fully saturated rings. The lowest BCUT2D eigenvalue weighted by molar-refractivity contribution is 0.794. The van der Waals surface area contributed by atoms with Crippen molar-refractivity contribution in [2.75, 3.05) is 0 Å². The summed E-state index contributed by atoms with van der Waals surface area (Å²) in [5.41, 5.74) is 19.3. The van der Waals surface area contributed by atoms with Gasteiger partial charge in [0.2, 0.25) is 0 Å². The Morgan fingerprint density at radius 3 is 1.24 bits per heavy atom. The second-order valence-corrected chi connectivity index (χ2v) is 14.5. The third kappa shape index (κ3) is 4.82. The molecule has 256 valence electrons. The van der Waals surface area contributed by atoms with Gasteiger partial charge in [-0.25, -0.2) is 9.97 Å². The van der Waals surface area contributed by atoms with Crippen LogP contribution in [0.3, 0.4) is 0 Å². The van der Waals surface area contributed by atoms with Gasteiger partial charge in [-0.15, -0.1) is 0 Å². The third-order valence-corrected chi connectivity index (χ3v) is 11.5. The van der Waals surface area contributed by atoms with Crippen molar-refractivity contribution in [3.05, 3.63) is 229 Å². The maximum atomic E-state index is 5.51. The summed E-state index contributed by atoms with van der Waals surface area (Å²) < 4.78 is 0. The summed E-state index contributed by atoms with van der Waals surface area (Å²) in [4.78, 5) is 10.9. The van der Waals surface area contributed by atoms with Crippen LogP contribution in [-0.4, -0.2) is 9.97 Å². The fourth-order valence-electron chi connectivity index (χ4n) is 9.17. The van der Waals surface area contributed by atoms with E-state index in [0.29, 0.717) is 5.82 Å². The van der Waals surface area contributed by atoms with Crippen molar-refractivity contribution in [3.8, 4) is 78.4 Å². The van der Waals surface area contributed by atoms with E-state index >= 15 is 0 Å². The maximum Gasteiger partial charge on any atom is 0.161 e. The quantitative estimate of drug-likeness (QED) is 0.179. The molecular weight excluding hydrogens is 665 g/mol. The van der Waals surface area contributed by atoms with Crippen LogP contribution in [-0.2, 0) is 5.41 Å². The van der Waals surface area contributed by atoms with Gasteiger partial charge >= 0.3 is 0 Å². The monoisotopic (exact) mass is 698 g/mol. The molecule has 0 bridgehead atoms. The lowest BCUT2D eigenvalue weighted by Crippen LogP contribution is -2.25. The first-order valence-electron chi connectivity index (χ1n) is 18.9. The number of aromatic nitrogens is 2. The first kappa shape index (κ1) is 31.4. The van der Waals surface area contributed by atoms with E-state index in [-0.39, 0.29) is 0 Å². The van der Waals surface area contributed by atoms with Crippen molar-refractivity contribution < 1.29 is 0 Å². The molecule has 0 saturated heterocycles.